The van der Waals surface area contributed by atoms with Crippen LogP contribution in [0.2, 0.25) is 0 Å². The van der Waals surface area contributed by atoms with Crippen molar-refractivity contribution in [2.75, 3.05) is 0 Å². The zero-order valence-electron chi connectivity index (χ0n) is 10.0. The highest BCUT2D eigenvalue weighted by Gasteiger charge is 2.12. The fourth-order valence-corrected chi connectivity index (χ4v) is 1.81. The molecule has 0 amide bonds. The number of thiocarbonyl (C=S) groups is 1. The fraction of sp³-hybridized carbons (Fsp3) is 0.143. The number of nitrogens with two attached hydrogens (primary N) is 1. The quantitative estimate of drug-likeness (QED) is 0.857. The van der Waals surface area contributed by atoms with Gasteiger partial charge in [-0.2, -0.15) is 0 Å². The van der Waals surface area contributed by atoms with E-state index < -0.39 is 0 Å². The molecule has 0 aliphatic heterocycles. The van der Waals surface area contributed by atoms with Crippen LogP contribution in [-0.2, 0) is 0 Å². The number of pyridine rings is 1. The Hall–Kier alpha value is -1.94. The third kappa shape index (κ3) is 2.84. The van der Waals surface area contributed by atoms with Crippen molar-refractivity contribution in [2.45, 2.75) is 13.0 Å². The third-order valence-electron chi connectivity index (χ3n) is 2.58. The number of benzene rings is 1. The molecule has 0 saturated heterocycles. The van der Waals surface area contributed by atoms with Gasteiger partial charge in [0.05, 0.1) is 0 Å². The van der Waals surface area contributed by atoms with Crippen molar-refractivity contribution in [2.24, 2.45) is 5.73 Å². The highest BCUT2D eigenvalue weighted by atomic mass is 32.1. The molecular weight excluding hydrogens is 244 g/mol. The smallest absolute Gasteiger partial charge is 0.148 e. The van der Waals surface area contributed by atoms with Crippen LogP contribution in [0.25, 0.3) is 0 Å². The van der Waals surface area contributed by atoms with E-state index in [9.17, 15) is 0 Å². The lowest BCUT2D eigenvalue weighted by molar-refractivity contribution is 0.225. The largest absolute Gasteiger partial charge is 0.484 e. The number of nitrogens with zero attached hydrogens (tertiary/aromatic N) is 1. The van der Waals surface area contributed by atoms with Crippen LogP contribution in [0.1, 0.15) is 24.3 Å². The molecule has 0 aliphatic carbocycles. The van der Waals surface area contributed by atoms with Crippen LogP contribution in [0, 0.1) is 0 Å². The van der Waals surface area contributed by atoms with E-state index in [1.165, 1.54) is 0 Å². The lowest BCUT2D eigenvalue weighted by Crippen LogP contribution is -2.14. The second-order valence-electron chi connectivity index (χ2n) is 3.89. The van der Waals surface area contributed by atoms with Gasteiger partial charge in [0.1, 0.15) is 22.5 Å². The summed E-state index contributed by atoms with van der Waals surface area (Å²) < 4.78 is 5.86. The highest BCUT2D eigenvalue weighted by Crippen LogP contribution is 2.23. The molecule has 92 valence electrons. The molecule has 1 heterocycles. The predicted octanol–water partition coefficient (Wildman–Crippen LogP) is 2.86. The van der Waals surface area contributed by atoms with E-state index in [1.807, 2.05) is 43.3 Å². The molecular formula is C14H14N2OS. The van der Waals surface area contributed by atoms with Gasteiger partial charge in [0.25, 0.3) is 0 Å². The maximum absolute atomic E-state index is 5.86. The minimum atomic E-state index is -0.0801. The molecule has 0 aliphatic rings. The molecule has 2 aromatic rings. The minimum absolute atomic E-state index is 0.0801. The number of aromatic nitrogens is 1. The Morgan fingerprint density at radius 3 is 2.61 bits per heavy atom. The summed E-state index contributed by atoms with van der Waals surface area (Å²) in [6.07, 6.45) is 1.57. The van der Waals surface area contributed by atoms with Crippen molar-refractivity contribution in [3.63, 3.8) is 0 Å². The molecule has 1 aromatic heterocycles. The number of hydrogen-bond donors (Lipinski definition) is 1. The molecule has 3 nitrogen and oxygen atoms in total. The van der Waals surface area contributed by atoms with Crippen LogP contribution in [0.15, 0.2) is 48.7 Å². The normalized spacial score (nSPS) is 11.8. The van der Waals surface area contributed by atoms with E-state index in [2.05, 4.69) is 4.98 Å². The van der Waals surface area contributed by atoms with Gasteiger partial charge in [0, 0.05) is 6.20 Å². The van der Waals surface area contributed by atoms with Crippen LogP contribution < -0.4 is 10.5 Å². The Bertz CT molecular complexity index is 543. The lowest BCUT2D eigenvalue weighted by Gasteiger charge is -2.16. The van der Waals surface area contributed by atoms with Crippen molar-refractivity contribution in [1.82, 2.24) is 4.98 Å². The first-order chi connectivity index (χ1) is 8.68. The van der Waals surface area contributed by atoms with Gasteiger partial charge in [-0.25, -0.2) is 4.98 Å². The first-order valence-corrected chi connectivity index (χ1v) is 6.05. The number of hydrogen-bond acceptors (Lipinski definition) is 3. The summed E-state index contributed by atoms with van der Waals surface area (Å²) in [7, 11) is 0. The van der Waals surface area contributed by atoms with E-state index in [0.29, 0.717) is 11.4 Å². The van der Waals surface area contributed by atoms with Gasteiger partial charge in [0.15, 0.2) is 0 Å². The summed E-state index contributed by atoms with van der Waals surface area (Å²) in [4.78, 5) is 4.38. The van der Waals surface area contributed by atoms with Gasteiger partial charge in [-0.1, -0.05) is 42.5 Å². The van der Waals surface area contributed by atoms with Crippen LogP contribution in [0.5, 0.6) is 5.75 Å². The van der Waals surface area contributed by atoms with Crippen LogP contribution >= 0.6 is 12.2 Å². The third-order valence-corrected chi connectivity index (χ3v) is 2.77. The molecule has 0 radical (unpaired) electrons. The standard InChI is InChI=1S/C14H14N2OS/c1-10(11-6-3-2-4-7-11)17-12-8-5-9-16-13(12)14(15)18/h2-10H,1H3,(H2,15,18). The van der Waals surface area contributed by atoms with Crippen LogP contribution in [0.4, 0.5) is 0 Å². The molecule has 0 spiro atoms. The Kier molecular flexibility index (Phi) is 3.89. The van der Waals surface area contributed by atoms with Crippen molar-refractivity contribution in [3.8, 4) is 5.75 Å². The summed E-state index contributed by atoms with van der Waals surface area (Å²) in [5.41, 5.74) is 7.23. The second kappa shape index (κ2) is 5.60. The monoisotopic (exact) mass is 258 g/mol. The van der Waals surface area contributed by atoms with Crippen molar-refractivity contribution >= 4 is 17.2 Å². The molecule has 1 atom stereocenters. The highest BCUT2D eigenvalue weighted by molar-refractivity contribution is 7.80. The Morgan fingerprint density at radius 2 is 1.94 bits per heavy atom. The predicted molar refractivity (Wildman–Crippen MR) is 75.6 cm³/mol. The van der Waals surface area contributed by atoms with Crippen LogP contribution in [-0.4, -0.2) is 9.97 Å². The van der Waals surface area contributed by atoms with E-state index in [4.69, 9.17) is 22.7 Å². The van der Waals surface area contributed by atoms with E-state index in [1.54, 1.807) is 12.3 Å². The zero-order valence-corrected chi connectivity index (χ0v) is 10.9. The summed E-state index contributed by atoms with van der Waals surface area (Å²) in [5.74, 6) is 0.612. The average Bonchev–Trinajstić information content (AvgIpc) is 2.40. The van der Waals surface area contributed by atoms with Crippen LogP contribution in [0.3, 0.4) is 0 Å². The lowest BCUT2D eigenvalue weighted by atomic mass is 10.1. The first kappa shape index (κ1) is 12.5. The number of ether oxygens (including phenoxy) is 1. The second-order valence-corrected chi connectivity index (χ2v) is 4.32. The fourth-order valence-electron chi connectivity index (χ4n) is 1.65. The van der Waals surface area contributed by atoms with Crippen molar-refractivity contribution < 1.29 is 4.74 Å². The molecule has 18 heavy (non-hydrogen) atoms. The number of rotatable bonds is 4. The van der Waals surface area contributed by atoms with Gasteiger partial charge in [-0.3, -0.25) is 0 Å². The van der Waals surface area contributed by atoms with Gasteiger partial charge < -0.3 is 10.5 Å². The van der Waals surface area contributed by atoms with Crippen molar-refractivity contribution in [1.29, 1.82) is 0 Å². The summed E-state index contributed by atoms with van der Waals surface area (Å²) in [6.45, 7) is 1.98. The SMILES string of the molecule is CC(Oc1cccnc1C(N)=S)c1ccccc1. The summed E-state index contributed by atoms with van der Waals surface area (Å²) in [6, 6.07) is 13.6. The van der Waals surface area contributed by atoms with Gasteiger partial charge in [-0.05, 0) is 24.6 Å². The molecule has 1 aromatic carbocycles. The molecule has 0 saturated carbocycles. The van der Waals surface area contributed by atoms with E-state index >= 15 is 0 Å². The van der Waals surface area contributed by atoms with E-state index in [0.717, 1.165) is 5.56 Å². The van der Waals surface area contributed by atoms with E-state index in [-0.39, 0.29) is 11.1 Å². The molecule has 0 bridgehead atoms. The Morgan fingerprint density at radius 1 is 1.22 bits per heavy atom. The molecule has 4 heteroatoms. The topological polar surface area (TPSA) is 48.1 Å². The summed E-state index contributed by atoms with van der Waals surface area (Å²) >= 11 is 4.95. The Balaban J connectivity index is 2.22. The maximum Gasteiger partial charge on any atom is 0.148 e. The minimum Gasteiger partial charge on any atom is -0.484 e. The van der Waals surface area contributed by atoms with Gasteiger partial charge in [-0.15, -0.1) is 0 Å². The molecule has 2 N–H and O–H groups in total. The van der Waals surface area contributed by atoms with Gasteiger partial charge >= 0.3 is 0 Å². The molecule has 2 rings (SSSR count). The molecule has 0 fully saturated rings. The average molecular weight is 258 g/mol. The maximum atomic E-state index is 5.86. The van der Waals surface area contributed by atoms with Gasteiger partial charge in [0.2, 0.25) is 0 Å². The first-order valence-electron chi connectivity index (χ1n) is 5.65. The summed E-state index contributed by atoms with van der Waals surface area (Å²) in [5, 5.41) is 0. The van der Waals surface area contributed by atoms with Crippen molar-refractivity contribution in [3.05, 3.63) is 59.9 Å². The molecule has 1 unspecified atom stereocenters. The Labute approximate surface area is 112 Å². The zero-order chi connectivity index (χ0) is 13.0.